The van der Waals surface area contributed by atoms with Gasteiger partial charge in [0.15, 0.2) is 0 Å². The van der Waals surface area contributed by atoms with Crippen LogP contribution in [0.1, 0.15) is 44.1 Å². The Kier molecular flexibility index (Phi) is 4.94. The average molecular weight is 340 g/mol. The van der Waals surface area contributed by atoms with E-state index in [-0.39, 0.29) is 17.9 Å². The van der Waals surface area contributed by atoms with Gasteiger partial charge in [0.2, 0.25) is 0 Å². The SMILES string of the molecule is CCNC(c1cccc(F)c1)c1c(Br)cnn1C(C)C. The summed E-state index contributed by atoms with van der Waals surface area (Å²) in [5.41, 5.74) is 1.92. The molecule has 0 saturated carbocycles. The van der Waals surface area contributed by atoms with Gasteiger partial charge in [0.05, 0.1) is 22.4 Å². The van der Waals surface area contributed by atoms with E-state index in [1.807, 2.05) is 17.7 Å². The van der Waals surface area contributed by atoms with Crippen molar-refractivity contribution in [2.75, 3.05) is 6.54 Å². The lowest BCUT2D eigenvalue weighted by Crippen LogP contribution is -2.26. The fraction of sp³-hybridized carbons (Fsp3) is 0.400. The van der Waals surface area contributed by atoms with Crippen molar-refractivity contribution in [3.8, 4) is 0 Å². The number of rotatable bonds is 5. The fourth-order valence-corrected chi connectivity index (χ4v) is 2.80. The predicted molar refractivity (Wildman–Crippen MR) is 82.2 cm³/mol. The van der Waals surface area contributed by atoms with Crippen molar-refractivity contribution in [2.45, 2.75) is 32.9 Å². The summed E-state index contributed by atoms with van der Waals surface area (Å²) in [6, 6.07) is 6.85. The van der Waals surface area contributed by atoms with Crippen molar-refractivity contribution in [1.29, 1.82) is 0 Å². The highest BCUT2D eigenvalue weighted by atomic mass is 79.9. The Morgan fingerprint density at radius 2 is 2.15 bits per heavy atom. The maximum absolute atomic E-state index is 13.5. The van der Waals surface area contributed by atoms with E-state index < -0.39 is 0 Å². The number of benzene rings is 1. The second kappa shape index (κ2) is 6.50. The van der Waals surface area contributed by atoms with Crippen LogP contribution in [-0.2, 0) is 0 Å². The molecule has 1 aromatic heterocycles. The first-order valence-electron chi connectivity index (χ1n) is 6.76. The van der Waals surface area contributed by atoms with Gasteiger partial charge in [-0.1, -0.05) is 19.1 Å². The summed E-state index contributed by atoms with van der Waals surface area (Å²) < 4.78 is 16.4. The van der Waals surface area contributed by atoms with Crippen LogP contribution in [0.3, 0.4) is 0 Å². The van der Waals surface area contributed by atoms with Gasteiger partial charge in [-0.15, -0.1) is 0 Å². The Labute approximate surface area is 127 Å². The third-order valence-corrected chi connectivity index (χ3v) is 3.75. The number of aromatic nitrogens is 2. The fourth-order valence-electron chi connectivity index (χ4n) is 2.29. The van der Waals surface area contributed by atoms with Crippen LogP contribution in [0.5, 0.6) is 0 Å². The molecular weight excluding hydrogens is 321 g/mol. The highest BCUT2D eigenvalue weighted by molar-refractivity contribution is 9.10. The number of nitrogens with zero attached hydrogens (tertiary/aromatic N) is 2. The molecule has 1 aromatic carbocycles. The van der Waals surface area contributed by atoms with Crippen molar-refractivity contribution in [3.63, 3.8) is 0 Å². The van der Waals surface area contributed by atoms with E-state index >= 15 is 0 Å². The summed E-state index contributed by atoms with van der Waals surface area (Å²) in [6.07, 6.45) is 1.79. The van der Waals surface area contributed by atoms with E-state index in [0.717, 1.165) is 22.3 Å². The molecule has 3 nitrogen and oxygen atoms in total. The van der Waals surface area contributed by atoms with Gasteiger partial charge in [0.25, 0.3) is 0 Å². The number of halogens is 2. The molecule has 108 valence electrons. The van der Waals surface area contributed by atoms with Crippen molar-refractivity contribution in [3.05, 3.63) is 52.0 Å². The van der Waals surface area contributed by atoms with Crippen LogP contribution >= 0.6 is 15.9 Å². The van der Waals surface area contributed by atoms with Gasteiger partial charge in [0.1, 0.15) is 5.82 Å². The Bertz CT molecular complexity index is 580. The molecule has 1 atom stereocenters. The molecule has 2 aromatic rings. The quantitative estimate of drug-likeness (QED) is 0.889. The molecule has 20 heavy (non-hydrogen) atoms. The van der Waals surface area contributed by atoms with Gasteiger partial charge in [0, 0.05) is 6.04 Å². The van der Waals surface area contributed by atoms with E-state index in [1.165, 1.54) is 6.07 Å². The minimum absolute atomic E-state index is 0.0880. The first-order valence-corrected chi connectivity index (χ1v) is 7.55. The van der Waals surface area contributed by atoms with Crippen LogP contribution in [0.4, 0.5) is 4.39 Å². The van der Waals surface area contributed by atoms with E-state index in [9.17, 15) is 4.39 Å². The van der Waals surface area contributed by atoms with E-state index in [2.05, 4.69) is 40.2 Å². The zero-order valence-electron chi connectivity index (χ0n) is 11.9. The molecule has 1 heterocycles. The maximum Gasteiger partial charge on any atom is 0.123 e. The van der Waals surface area contributed by atoms with Crippen molar-refractivity contribution in [2.24, 2.45) is 0 Å². The molecule has 0 aliphatic rings. The second-order valence-corrected chi connectivity index (χ2v) is 5.82. The van der Waals surface area contributed by atoms with E-state index in [0.29, 0.717) is 0 Å². The number of hydrogen-bond donors (Lipinski definition) is 1. The molecule has 2 rings (SSSR count). The maximum atomic E-state index is 13.5. The molecule has 1 unspecified atom stereocenters. The molecule has 0 bridgehead atoms. The van der Waals surface area contributed by atoms with E-state index in [1.54, 1.807) is 18.3 Å². The first-order chi connectivity index (χ1) is 9.54. The summed E-state index contributed by atoms with van der Waals surface area (Å²) in [5, 5.41) is 7.81. The van der Waals surface area contributed by atoms with Gasteiger partial charge >= 0.3 is 0 Å². The molecule has 0 aliphatic heterocycles. The van der Waals surface area contributed by atoms with Gasteiger partial charge < -0.3 is 5.32 Å². The second-order valence-electron chi connectivity index (χ2n) is 4.96. The monoisotopic (exact) mass is 339 g/mol. The van der Waals surface area contributed by atoms with Crippen LogP contribution in [0.2, 0.25) is 0 Å². The Morgan fingerprint density at radius 3 is 2.75 bits per heavy atom. The number of hydrogen-bond acceptors (Lipinski definition) is 2. The summed E-state index contributed by atoms with van der Waals surface area (Å²) >= 11 is 3.55. The van der Waals surface area contributed by atoms with Crippen molar-refractivity contribution >= 4 is 15.9 Å². The molecule has 0 aliphatic carbocycles. The highest BCUT2D eigenvalue weighted by Gasteiger charge is 2.22. The van der Waals surface area contributed by atoms with Crippen LogP contribution in [0.25, 0.3) is 0 Å². The van der Waals surface area contributed by atoms with Crippen LogP contribution in [0.15, 0.2) is 34.9 Å². The van der Waals surface area contributed by atoms with Gasteiger partial charge in [-0.05, 0) is 54.0 Å². The lowest BCUT2D eigenvalue weighted by molar-refractivity contribution is 0.474. The smallest absolute Gasteiger partial charge is 0.123 e. The zero-order chi connectivity index (χ0) is 14.7. The standard InChI is InChI=1S/C15H19BrFN3/c1-4-18-14(11-6-5-7-12(17)8-11)15-13(16)9-19-20(15)10(2)3/h5-10,14,18H,4H2,1-3H3. The molecule has 5 heteroatoms. The lowest BCUT2D eigenvalue weighted by Gasteiger charge is -2.22. The topological polar surface area (TPSA) is 29.9 Å². The summed E-state index contributed by atoms with van der Waals surface area (Å²) in [4.78, 5) is 0. The highest BCUT2D eigenvalue weighted by Crippen LogP contribution is 2.30. The molecular formula is C15H19BrFN3. The molecule has 1 N–H and O–H groups in total. The summed E-state index contributed by atoms with van der Waals surface area (Å²) in [5.74, 6) is -0.225. The van der Waals surface area contributed by atoms with Crippen LogP contribution < -0.4 is 5.32 Å². The Hall–Kier alpha value is -1.20. The Morgan fingerprint density at radius 1 is 1.40 bits per heavy atom. The minimum Gasteiger partial charge on any atom is -0.305 e. The number of nitrogens with one attached hydrogen (secondary N) is 1. The molecule has 0 saturated heterocycles. The molecule has 0 amide bonds. The minimum atomic E-state index is -0.225. The first kappa shape index (κ1) is 15.2. The normalized spacial score (nSPS) is 12.9. The molecule has 0 radical (unpaired) electrons. The molecule has 0 spiro atoms. The zero-order valence-corrected chi connectivity index (χ0v) is 13.5. The van der Waals surface area contributed by atoms with Gasteiger partial charge in [-0.2, -0.15) is 5.10 Å². The predicted octanol–water partition coefficient (Wildman–Crippen LogP) is 4.06. The van der Waals surface area contributed by atoms with Crippen LogP contribution in [0, 0.1) is 5.82 Å². The average Bonchev–Trinajstić information content (AvgIpc) is 2.78. The summed E-state index contributed by atoms with van der Waals surface area (Å²) in [6.45, 7) is 6.99. The third kappa shape index (κ3) is 3.10. The van der Waals surface area contributed by atoms with E-state index in [4.69, 9.17) is 0 Å². The van der Waals surface area contributed by atoms with Crippen molar-refractivity contribution < 1.29 is 4.39 Å². The van der Waals surface area contributed by atoms with Gasteiger partial charge in [-0.25, -0.2) is 4.39 Å². The van der Waals surface area contributed by atoms with Crippen molar-refractivity contribution in [1.82, 2.24) is 15.1 Å². The van der Waals surface area contributed by atoms with Crippen LogP contribution in [-0.4, -0.2) is 16.3 Å². The lowest BCUT2D eigenvalue weighted by atomic mass is 10.0. The molecule has 0 fully saturated rings. The third-order valence-electron chi connectivity index (χ3n) is 3.14. The Balaban J connectivity index is 2.51. The largest absolute Gasteiger partial charge is 0.305 e. The van der Waals surface area contributed by atoms with Gasteiger partial charge in [-0.3, -0.25) is 4.68 Å². The summed E-state index contributed by atoms with van der Waals surface area (Å²) in [7, 11) is 0.